The number of hydrogen-bond donors (Lipinski definition) is 1. The van der Waals surface area contributed by atoms with E-state index >= 15 is 0 Å². The van der Waals surface area contributed by atoms with Crippen LogP contribution in [0, 0.1) is 0 Å². The molecule has 2 N–H and O–H groups in total. The van der Waals surface area contributed by atoms with Crippen molar-refractivity contribution in [3.05, 3.63) is 35.7 Å². The number of nitrogens with two attached hydrogens (primary N) is 1. The summed E-state index contributed by atoms with van der Waals surface area (Å²) >= 11 is 5.77. The van der Waals surface area contributed by atoms with Crippen LogP contribution in [0.5, 0.6) is 5.75 Å². The second-order valence-corrected chi connectivity index (χ2v) is 4.01. The summed E-state index contributed by atoms with van der Waals surface area (Å²) < 4.78 is 5.11. The van der Waals surface area contributed by atoms with E-state index < -0.39 is 0 Å². The van der Waals surface area contributed by atoms with Gasteiger partial charge in [0.05, 0.1) is 19.0 Å². The number of rotatable bonds is 3. The van der Waals surface area contributed by atoms with Crippen LogP contribution in [0.3, 0.4) is 0 Å². The Kier molecular flexibility index (Phi) is 3.53. The Hall–Kier alpha value is -2.01. The van der Waals surface area contributed by atoms with Crippen LogP contribution in [0.25, 0.3) is 0 Å². The van der Waals surface area contributed by atoms with Crippen LogP contribution < -0.4 is 15.4 Å². The number of halogens is 1. The number of nitrogen functional groups attached to an aromatic ring is 1. The van der Waals surface area contributed by atoms with Gasteiger partial charge in [0.25, 0.3) is 0 Å². The molecule has 0 aliphatic carbocycles. The van der Waals surface area contributed by atoms with E-state index in [1.165, 1.54) is 6.20 Å². The minimum absolute atomic E-state index is 0.166. The fraction of sp³-hybridized carbons (Fsp3) is 0.167. The number of aromatic nitrogens is 2. The molecule has 0 aliphatic rings. The van der Waals surface area contributed by atoms with Gasteiger partial charge in [-0.15, -0.1) is 0 Å². The average molecular weight is 265 g/mol. The summed E-state index contributed by atoms with van der Waals surface area (Å²) in [5, 5.41) is 0.166. The Morgan fingerprint density at radius 2 is 1.94 bits per heavy atom. The molecule has 0 saturated carbocycles. The summed E-state index contributed by atoms with van der Waals surface area (Å²) in [4.78, 5) is 9.78. The van der Waals surface area contributed by atoms with Gasteiger partial charge in [-0.25, -0.2) is 4.98 Å². The average Bonchev–Trinajstić information content (AvgIpc) is 2.41. The molecule has 2 rings (SSSR count). The Morgan fingerprint density at radius 1 is 1.28 bits per heavy atom. The van der Waals surface area contributed by atoms with Crippen molar-refractivity contribution in [1.29, 1.82) is 0 Å². The third kappa shape index (κ3) is 2.46. The number of hydrogen-bond acceptors (Lipinski definition) is 5. The zero-order valence-corrected chi connectivity index (χ0v) is 10.8. The smallest absolute Gasteiger partial charge is 0.224 e. The van der Waals surface area contributed by atoms with Crippen molar-refractivity contribution in [2.45, 2.75) is 0 Å². The molecule has 0 unspecified atom stereocenters. The van der Waals surface area contributed by atoms with Gasteiger partial charge in [0.15, 0.2) is 5.82 Å². The van der Waals surface area contributed by atoms with Gasteiger partial charge in [-0.05, 0) is 35.9 Å². The highest BCUT2D eigenvalue weighted by Crippen LogP contribution is 2.28. The lowest BCUT2D eigenvalue weighted by Gasteiger charge is -2.19. The summed E-state index contributed by atoms with van der Waals surface area (Å²) in [5.74, 6) is 1.36. The first-order valence-corrected chi connectivity index (χ1v) is 5.65. The molecule has 1 heterocycles. The van der Waals surface area contributed by atoms with E-state index in [2.05, 4.69) is 9.97 Å². The van der Waals surface area contributed by atoms with Gasteiger partial charge in [-0.3, -0.25) is 0 Å². The summed E-state index contributed by atoms with van der Waals surface area (Å²) in [7, 11) is 3.48. The van der Waals surface area contributed by atoms with Crippen LogP contribution in [0.15, 0.2) is 30.5 Å². The van der Waals surface area contributed by atoms with E-state index in [1.54, 1.807) is 7.11 Å². The van der Waals surface area contributed by atoms with Crippen molar-refractivity contribution in [2.75, 3.05) is 24.8 Å². The van der Waals surface area contributed by atoms with E-state index in [4.69, 9.17) is 22.1 Å². The number of anilines is 3. The maximum atomic E-state index is 5.83. The molecular weight excluding hydrogens is 252 g/mol. The highest BCUT2D eigenvalue weighted by atomic mass is 35.5. The normalized spacial score (nSPS) is 10.2. The van der Waals surface area contributed by atoms with Gasteiger partial charge < -0.3 is 15.4 Å². The largest absolute Gasteiger partial charge is 0.497 e. The van der Waals surface area contributed by atoms with Crippen LogP contribution >= 0.6 is 11.6 Å². The van der Waals surface area contributed by atoms with Crippen LogP contribution in [0.2, 0.25) is 5.28 Å². The van der Waals surface area contributed by atoms with Gasteiger partial charge in [0.1, 0.15) is 5.75 Å². The molecule has 1 aromatic heterocycles. The molecule has 2 aromatic rings. The maximum Gasteiger partial charge on any atom is 0.224 e. The quantitative estimate of drug-likeness (QED) is 0.863. The number of benzene rings is 1. The molecule has 0 bridgehead atoms. The lowest BCUT2D eigenvalue weighted by Crippen LogP contribution is -2.13. The zero-order chi connectivity index (χ0) is 13.1. The Bertz CT molecular complexity index is 544. The first kappa shape index (κ1) is 12.4. The van der Waals surface area contributed by atoms with Gasteiger partial charge in [0.2, 0.25) is 5.28 Å². The molecule has 5 nitrogen and oxygen atoms in total. The van der Waals surface area contributed by atoms with E-state index in [0.717, 1.165) is 11.4 Å². The molecule has 0 aliphatic heterocycles. The number of ether oxygens (including phenoxy) is 1. The van der Waals surface area contributed by atoms with Crippen molar-refractivity contribution < 1.29 is 4.74 Å². The Balaban J connectivity index is 2.34. The van der Waals surface area contributed by atoms with Crippen LogP contribution in [0.1, 0.15) is 0 Å². The number of nitrogens with zero attached hydrogens (tertiary/aromatic N) is 3. The lowest BCUT2D eigenvalue weighted by atomic mass is 10.2. The molecule has 0 fully saturated rings. The van der Waals surface area contributed by atoms with Gasteiger partial charge in [-0.1, -0.05) is 0 Å². The standard InChI is InChI=1S/C12H13ClN4O/c1-17(8-3-5-9(18-2)6-4-8)11-10(14)7-15-12(13)16-11/h3-7H,14H2,1-2H3. The fourth-order valence-electron chi connectivity index (χ4n) is 1.56. The Morgan fingerprint density at radius 3 is 2.56 bits per heavy atom. The Labute approximate surface area is 110 Å². The fourth-order valence-corrected chi connectivity index (χ4v) is 1.69. The molecule has 94 valence electrons. The predicted molar refractivity (Wildman–Crippen MR) is 72.5 cm³/mol. The monoisotopic (exact) mass is 264 g/mol. The van der Waals surface area contributed by atoms with Crippen LogP contribution in [-0.2, 0) is 0 Å². The van der Waals surface area contributed by atoms with Crippen LogP contribution in [-0.4, -0.2) is 24.1 Å². The second-order valence-electron chi connectivity index (χ2n) is 3.68. The second kappa shape index (κ2) is 5.10. The minimum Gasteiger partial charge on any atom is -0.497 e. The van der Waals surface area contributed by atoms with Gasteiger partial charge >= 0.3 is 0 Å². The zero-order valence-electron chi connectivity index (χ0n) is 10.1. The third-order valence-corrected chi connectivity index (χ3v) is 2.73. The molecule has 6 heteroatoms. The molecule has 0 atom stereocenters. The summed E-state index contributed by atoms with van der Waals surface area (Å²) in [6.45, 7) is 0. The number of methoxy groups -OCH3 is 1. The minimum atomic E-state index is 0.166. The molecule has 0 saturated heterocycles. The van der Waals surface area contributed by atoms with Crippen LogP contribution in [0.4, 0.5) is 17.2 Å². The van der Waals surface area contributed by atoms with E-state index in [1.807, 2.05) is 36.2 Å². The van der Waals surface area contributed by atoms with Crippen molar-refractivity contribution in [1.82, 2.24) is 9.97 Å². The van der Waals surface area contributed by atoms with Crippen molar-refractivity contribution in [2.24, 2.45) is 0 Å². The predicted octanol–water partition coefficient (Wildman–Crippen LogP) is 2.49. The van der Waals surface area contributed by atoms with Gasteiger partial charge in [0, 0.05) is 12.7 Å². The van der Waals surface area contributed by atoms with E-state index in [0.29, 0.717) is 11.5 Å². The highest BCUT2D eigenvalue weighted by molar-refractivity contribution is 6.28. The van der Waals surface area contributed by atoms with E-state index in [9.17, 15) is 0 Å². The van der Waals surface area contributed by atoms with E-state index in [-0.39, 0.29) is 5.28 Å². The SMILES string of the molecule is COc1ccc(N(C)c2nc(Cl)ncc2N)cc1. The topological polar surface area (TPSA) is 64.3 Å². The molecule has 0 amide bonds. The molecule has 18 heavy (non-hydrogen) atoms. The van der Waals surface area contributed by atoms with Crippen molar-refractivity contribution >= 4 is 28.8 Å². The molecule has 0 radical (unpaired) electrons. The van der Waals surface area contributed by atoms with Crippen molar-refractivity contribution in [3.8, 4) is 5.75 Å². The van der Waals surface area contributed by atoms with Gasteiger partial charge in [-0.2, -0.15) is 4.98 Å². The first-order valence-electron chi connectivity index (χ1n) is 5.27. The molecular formula is C12H13ClN4O. The third-order valence-electron chi connectivity index (χ3n) is 2.54. The maximum absolute atomic E-state index is 5.83. The highest BCUT2D eigenvalue weighted by Gasteiger charge is 2.10. The molecule has 0 spiro atoms. The molecule has 1 aromatic carbocycles. The summed E-state index contributed by atoms with van der Waals surface area (Å²) in [5.41, 5.74) is 7.23. The lowest BCUT2D eigenvalue weighted by molar-refractivity contribution is 0.415. The first-order chi connectivity index (χ1) is 8.61. The summed E-state index contributed by atoms with van der Waals surface area (Å²) in [6.07, 6.45) is 1.49. The van der Waals surface area contributed by atoms with Crippen molar-refractivity contribution in [3.63, 3.8) is 0 Å². The summed E-state index contributed by atoms with van der Waals surface area (Å²) in [6, 6.07) is 7.55.